The van der Waals surface area contributed by atoms with Gasteiger partial charge in [0.15, 0.2) is 5.78 Å². The molecule has 0 radical (unpaired) electrons. The van der Waals surface area contributed by atoms with Gasteiger partial charge in [-0.2, -0.15) is 0 Å². The summed E-state index contributed by atoms with van der Waals surface area (Å²) in [6.45, 7) is 10.6. The molecule has 1 saturated heterocycles. The van der Waals surface area contributed by atoms with Gasteiger partial charge in [-0.15, -0.1) is 0 Å². The Labute approximate surface area is 128 Å². The van der Waals surface area contributed by atoms with Crippen LogP contribution in [-0.4, -0.2) is 36.9 Å². The lowest BCUT2D eigenvalue weighted by atomic mass is 9.92. The molecule has 1 aliphatic rings. The molecule has 1 aromatic rings. The smallest absolute Gasteiger partial charge is 0.159 e. The summed E-state index contributed by atoms with van der Waals surface area (Å²) in [6.07, 6.45) is 2.41. The van der Waals surface area contributed by atoms with Gasteiger partial charge < -0.3 is 9.64 Å². The largest absolute Gasteiger partial charge is 0.494 e. The van der Waals surface area contributed by atoms with Crippen molar-refractivity contribution in [2.75, 3.05) is 26.2 Å². The van der Waals surface area contributed by atoms with Crippen LogP contribution in [0.25, 0.3) is 0 Å². The highest BCUT2D eigenvalue weighted by molar-refractivity contribution is 5.94. The lowest BCUT2D eigenvalue weighted by molar-refractivity contribution is 0.101. The Morgan fingerprint density at radius 2 is 1.81 bits per heavy atom. The standard InChI is InChI=1S/C18H27NO2/c1-14-11-15(2)13-19(12-14)9-4-10-21-18-7-5-17(6-8-18)16(3)20/h5-8,14-15H,4,9-13H2,1-3H3/t14-,15?/m0/s1. The van der Waals surface area contributed by atoms with Crippen molar-refractivity contribution >= 4 is 5.78 Å². The molecule has 1 unspecified atom stereocenters. The Balaban J connectivity index is 1.68. The van der Waals surface area contributed by atoms with E-state index in [0.717, 1.165) is 42.7 Å². The number of rotatable bonds is 6. The van der Waals surface area contributed by atoms with E-state index in [0.29, 0.717) is 0 Å². The zero-order valence-electron chi connectivity index (χ0n) is 13.5. The Bertz CT molecular complexity index is 445. The molecule has 1 heterocycles. The third kappa shape index (κ3) is 5.16. The first-order valence-electron chi connectivity index (χ1n) is 8.00. The lowest BCUT2D eigenvalue weighted by Gasteiger charge is -2.34. The molecule has 1 aliphatic heterocycles. The van der Waals surface area contributed by atoms with Gasteiger partial charge >= 0.3 is 0 Å². The number of nitrogens with zero attached hydrogens (tertiary/aromatic N) is 1. The fraction of sp³-hybridized carbons (Fsp3) is 0.611. The minimum atomic E-state index is 0.0925. The van der Waals surface area contributed by atoms with Gasteiger partial charge in [0.1, 0.15) is 5.75 Å². The Hall–Kier alpha value is -1.35. The molecule has 0 N–H and O–H groups in total. The predicted molar refractivity (Wildman–Crippen MR) is 85.9 cm³/mol. The fourth-order valence-corrected chi connectivity index (χ4v) is 3.24. The molecule has 0 aromatic heterocycles. The third-order valence-electron chi connectivity index (χ3n) is 4.09. The average Bonchev–Trinajstić information content (AvgIpc) is 2.43. The summed E-state index contributed by atoms with van der Waals surface area (Å²) in [6, 6.07) is 7.40. The van der Waals surface area contributed by atoms with Gasteiger partial charge in [-0.3, -0.25) is 4.79 Å². The molecule has 0 bridgehead atoms. The Kier molecular flexibility index (Phi) is 5.80. The molecule has 2 rings (SSSR count). The molecule has 2 atom stereocenters. The summed E-state index contributed by atoms with van der Waals surface area (Å²) in [5.74, 6) is 2.57. The van der Waals surface area contributed by atoms with Crippen LogP contribution in [0.5, 0.6) is 5.75 Å². The summed E-state index contributed by atoms with van der Waals surface area (Å²) in [5, 5.41) is 0. The normalized spacial score (nSPS) is 23.0. The second-order valence-electron chi connectivity index (χ2n) is 6.49. The molecule has 0 aliphatic carbocycles. The molecule has 0 saturated carbocycles. The number of carbonyl (C=O) groups is 1. The molecule has 21 heavy (non-hydrogen) atoms. The highest BCUT2D eigenvalue weighted by Gasteiger charge is 2.20. The fourth-order valence-electron chi connectivity index (χ4n) is 3.24. The van der Waals surface area contributed by atoms with Crippen molar-refractivity contribution in [2.45, 2.75) is 33.6 Å². The van der Waals surface area contributed by atoms with E-state index in [-0.39, 0.29) is 5.78 Å². The van der Waals surface area contributed by atoms with Crippen LogP contribution in [0.2, 0.25) is 0 Å². The molecule has 1 aromatic carbocycles. The van der Waals surface area contributed by atoms with E-state index in [1.807, 2.05) is 24.3 Å². The van der Waals surface area contributed by atoms with Crippen molar-refractivity contribution in [1.82, 2.24) is 4.90 Å². The Morgan fingerprint density at radius 3 is 2.38 bits per heavy atom. The molecule has 0 amide bonds. The Morgan fingerprint density at radius 1 is 1.19 bits per heavy atom. The number of carbonyl (C=O) groups excluding carboxylic acids is 1. The van der Waals surface area contributed by atoms with E-state index < -0.39 is 0 Å². The van der Waals surface area contributed by atoms with Crippen LogP contribution in [-0.2, 0) is 0 Å². The topological polar surface area (TPSA) is 29.5 Å². The molecule has 116 valence electrons. The summed E-state index contributed by atoms with van der Waals surface area (Å²) < 4.78 is 5.75. The van der Waals surface area contributed by atoms with Gasteiger partial charge in [-0.25, -0.2) is 0 Å². The van der Waals surface area contributed by atoms with Crippen molar-refractivity contribution in [3.63, 3.8) is 0 Å². The van der Waals surface area contributed by atoms with Crippen LogP contribution >= 0.6 is 0 Å². The van der Waals surface area contributed by atoms with Gasteiger partial charge in [-0.1, -0.05) is 13.8 Å². The molecule has 0 spiro atoms. The number of likely N-dealkylation sites (tertiary alicyclic amines) is 1. The maximum absolute atomic E-state index is 11.2. The summed E-state index contributed by atoms with van der Waals surface area (Å²) in [4.78, 5) is 13.8. The van der Waals surface area contributed by atoms with Crippen molar-refractivity contribution in [3.05, 3.63) is 29.8 Å². The summed E-state index contributed by atoms with van der Waals surface area (Å²) in [7, 11) is 0. The lowest BCUT2D eigenvalue weighted by Crippen LogP contribution is -2.39. The van der Waals surface area contributed by atoms with Gasteiger partial charge in [0.25, 0.3) is 0 Å². The summed E-state index contributed by atoms with van der Waals surface area (Å²) in [5.41, 5.74) is 0.735. The number of ether oxygens (including phenoxy) is 1. The van der Waals surface area contributed by atoms with Gasteiger partial charge in [0.05, 0.1) is 6.61 Å². The van der Waals surface area contributed by atoms with E-state index >= 15 is 0 Å². The summed E-state index contributed by atoms with van der Waals surface area (Å²) >= 11 is 0. The molecule has 3 heteroatoms. The number of ketones is 1. The predicted octanol–water partition coefficient (Wildman–Crippen LogP) is 3.64. The molecule has 3 nitrogen and oxygen atoms in total. The first-order chi connectivity index (χ1) is 10.0. The number of hydrogen-bond donors (Lipinski definition) is 0. The minimum absolute atomic E-state index is 0.0925. The quantitative estimate of drug-likeness (QED) is 0.591. The number of Topliss-reactive ketones (excluding diaryl/α,β-unsaturated/α-hetero) is 1. The molecular formula is C18H27NO2. The van der Waals surface area contributed by atoms with E-state index in [1.54, 1.807) is 6.92 Å². The molecular weight excluding hydrogens is 262 g/mol. The highest BCUT2D eigenvalue weighted by atomic mass is 16.5. The third-order valence-corrected chi connectivity index (χ3v) is 4.09. The van der Waals surface area contributed by atoms with Crippen molar-refractivity contribution < 1.29 is 9.53 Å². The highest BCUT2D eigenvalue weighted by Crippen LogP contribution is 2.21. The SMILES string of the molecule is CC(=O)c1ccc(OCCCN2CC(C)C[C@H](C)C2)cc1. The number of hydrogen-bond acceptors (Lipinski definition) is 3. The minimum Gasteiger partial charge on any atom is -0.494 e. The maximum atomic E-state index is 11.2. The van der Waals surface area contributed by atoms with Crippen LogP contribution < -0.4 is 4.74 Å². The van der Waals surface area contributed by atoms with Gasteiger partial charge in [0, 0.05) is 25.2 Å². The second kappa shape index (κ2) is 7.60. The van der Waals surface area contributed by atoms with E-state index in [4.69, 9.17) is 4.74 Å². The number of piperidine rings is 1. The average molecular weight is 289 g/mol. The first kappa shape index (κ1) is 16.0. The van der Waals surface area contributed by atoms with Crippen LogP contribution in [0.15, 0.2) is 24.3 Å². The second-order valence-corrected chi connectivity index (χ2v) is 6.49. The van der Waals surface area contributed by atoms with Gasteiger partial charge in [0.2, 0.25) is 0 Å². The zero-order valence-corrected chi connectivity index (χ0v) is 13.5. The van der Waals surface area contributed by atoms with Crippen LogP contribution in [0.3, 0.4) is 0 Å². The number of benzene rings is 1. The van der Waals surface area contributed by atoms with Gasteiger partial charge in [-0.05, 0) is 55.9 Å². The monoisotopic (exact) mass is 289 g/mol. The van der Waals surface area contributed by atoms with Crippen molar-refractivity contribution in [2.24, 2.45) is 11.8 Å². The van der Waals surface area contributed by atoms with Crippen LogP contribution in [0.1, 0.15) is 44.0 Å². The van der Waals surface area contributed by atoms with Crippen molar-refractivity contribution in [1.29, 1.82) is 0 Å². The maximum Gasteiger partial charge on any atom is 0.159 e. The van der Waals surface area contributed by atoms with E-state index in [2.05, 4.69) is 18.7 Å². The molecule has 1 fully saturated rings. The van der Waals surface area contributed by atoms with Crippen molar-refractivity contribution in [3.8, 4) is 5.75 Å². The van der Waals surface area contributed by atoms with E-state index in [9.17, 15) is 4.79 Å². The van der Waals surface area contributed by atoms with E-state index in [1.165, 1.54) is 19.5 Å². The van der Waals surface area contributed by atoms with Crippen LogP contribution in [0.4, 0.5) is 0 Å². The first-order valence-corrected chi connectivity index (χ1v) is 8.00. The zero-order chi connectivity index (χ0) is 15.2. The van der Waals surface area contributed by atoms with Crippen LogP contribution in [0, 0.1) is 11.8 Å².